The van der Waals surface area contributed by atoms with E-state index >= 15 is 0 Å². The van der Waals surface area contributed by atoms with Crippen molar-refractivity contribution in [1.29, 1.82) is 0 Å². The minimum atomic E-state index is -0.741. The fraction of sp³-hybridized carbons (Fsp3) is 0.0741. The predicted molar refractivity (Wildman–Crippen MR) is 133 cm³/mol. The summed E-state index contributed by atoms with van der Waals surface area (Å²) >= 11 is 5.84. The summed E-state index contributed by atoms with van der Waals surface area (Å²) in [5.74, 6) is 0.112. The molecule has 1 N–H and O–H groups in total. The van der Waals surface area contributed by atoms with Crippen molar-refractivity contribution in [3.8, 4) is 11.5 Å². The first-order chi connectivity index (χ1) is 16.5. The van der Waals surface area contributed by atoms with Crippen LogP contribution in [0.2, 0.25) is 5.02 Å². The molecule has 7 heteroatoms. The molecule has 4 rings (SSSR count). The van der Waals surface area contributed by atoms with E-state index in [1.807, 2.05) is 36.4 Å². The molecule has 4 aromatic rings. The molecule has 0 saturated carbocycles. The van der Waals surface area contributed by atoms with Gasteiger partial charge in [-0.15, -0.1) is 0 Å². The maximum absolute atomic E-state index is 12.7. The highest BCUT2D eigenvalue weighted by Gasteiger charge is 2.14. The molecule has 6 nitrogen and oxygen atoms in total. The number of rotatable bonds is 7. The summed E-state index contributed by atoms with van der Waals surface area (Å²) in [5, 5.41) is 6.35. The fourth-order valence-corrected chi connectivity index (χ4v) is 3.35. The van der Waals surface area contributed by atoms with Crippen molar-refractivity contribution >= 4 is 40.5 Å². The number of hydrogen-bond acceptors (Lipinski definition) is 5. The van der Waals surface area contributed by atoms with Crippen molar-refractivity contribution in [3.05, 3.63) is 107 Å². The predicted octanol–water partition coefficient (Wildman–Crippen LogP) is 5.63. The molecule has 0 heterocycles. The van der Waals surface area contributed by atoms with Gasteiger partial charge in [0.1, 0.15) is 11.5 Å². The summed E-state index contributed by atoms with van der Waals surface area (Å²) in [6.45, 7) is 1.62. The molecule has 0 bridgehead atoms. The van der Waals surface area contributed by atoms with Crippen molar-refractivity contribution < 1.29 is 19.1 Å². The zero-order chi connectivity index (χ0) is 23.9. The molecular formula is C27H21ClN2O4. The van der Waals surface area contributed by atoms with Gasteiger partial charge in [-0.1, -0.05) is 48.0 Å². The van der Waals surface area contributed by atoms with Crippen molar-refractivity contribution in [2.75, 3.05) is 0 Å². The smallest absolute Gasteiger partial charge is 0.344 e. The number of nitrogens with one attached hydrogen (secondary N) is 1. The molecular weight excluding hydrogens is 452 g/mol. The zero-order valence-electron chi connectivity index (χ0n) is 18.3. The van der Waals surface area contributed by atoms with E-state index in [-0.39, 0.29) is 0 Å². The van der Waals surface area contributed by atoms with Crippen molar-refractivity contribution in [1.82, 2.24) is 5.43 Å². The number of carbonyl (C=O) groups is 2. The topological polar surface area (TPSA) is 77.0 Å². The average Bonchev–Trinajstić information content (AvgIpc) is 2.86. The van der Waals surface area contributed by atoms with Gasteiger partial charge < -0.3 is 9.47 Å². The van der Waals surface area contributed by atoms with Gasteiger partial charge >= 0.3 is 5.97 Å². The van der Waals surface area contributed by atoms with Crippen molar-refractivity contribution in [3.63, 3.8) is 0 Å². The molecule has 0 saturated heterocycles. The maximum atomic E-state index is 12.7. The Morgan fingerprint density at radius 2 is 1.56 bits per heavy atom. The second-order valence-corrected chi connectivity index (χ2v) is 7.87. The monoisotopic (exact) mass is 472 g/mol. The summed E-state index contributed by atoms with van der Waals surface area (Å²) < 4.78 is 11.1. The van der Waals surface area contributed by atoms with Crippen LogP contribution in [0.3, 0.4) is 0 Å². The Labute approximate surface area is 201 Å². The summed E-state index contributed by atoms with van der Waals surface area (Å²) in [4.78, 5) is 24.8. The first-order valence-electron chi connectivity index (χ1n) is 10.5. The SMILES string of the molecule is CC(Oc1ccc(Cl)cc1)C(=O)NN=Cc1ccc(OC(=O)c2cccc3ccccc23)cc1. The number of benzene rings is 4. The van der Waals surface area contributed by atoms with E-state index < -0.39 is 18.0 Å². The van der Waals surface area contributed by atoms with E-state index in [2.05, 4.69) is 10.5 Å². The Morgan fingerprint density at radius 1 is 0.882 bits per heavy atom. The van der Waals surface area contributed by atoms with Crippen LogP contribution in [-0.2, 0) is 4.79 Å². The number of hydrazone groups is 1. The zero-order valence-corrected chi connectivity index (χ0v) is 19.0. The molecule has 0 fully saturated rings. The molecule has 1 amide bonds. The Kier molecular flexibility index (Phi) is 7.20. The third-order valence-corrected chi connectivity index (χ3v) is 5.24. The molecule has 0 aliphatic carbocycles. The second kappa shape index (κ2) is 10.6. The average molecular weight is 473 g/mol. The van der Waals surface area contributed by atoms with E-state index in [9.17, 15) is 9.59 Å². The third-order valence-electron chi connectivity index (χ3n) is 4.98. The van der Waals surface area contributed by atoms with Gasteiger partial charge in [0.25, 0.3) is 5.91 Å². The van der Waals surface area contributed by atoms with Crippen molar-refractivity contribution in [2.24, 2.45) is 5.10 Å². The molecule has 170 valence electrons. The summed E-state index contributed by atoms with van der Waals surface area (Å²) in [5.41, 5.74) is 3.66. The van der Waals surface area contributed by atoms with Crippen LogP contribution >= 0.6 is 11.6 Å². The van der Waals surface area contributed by atoms with Gasteiger partial charge in [-0.25, -0.2) is 10.2 Å². The van der Waals surface area contributed by atoms with Gasteiger partial charge in [-0.05, 0) is 77.9 Å². The van der Waals surface area contributed by atoms with E-state index in [4.69, 9.17) is 21.1 Å². The fourth-order valence-electron chi connectivity index (χ4n) is 3.22. The van der Waals surface area contributed by atoms with E-state index in [1.165, 1.54) is 6.21 Å². The lowest BCUT2D eigenvalue weighted by Crippen LogP contribution is -2.33. The Morgan fingerprint density at radius 3 is 2.32 bits per heavy atom. The van der Waals surface area contributed by atoms with Gasteiger partial charge in [-0.3, -0.25) is 4.79 Å². The first-order valence-corrected chi connectivity index (χ1v) is 10.9. The minimum Gasteiger partial charge on any atom is -0.481 e. The molecule has 0 aliphatic rings. The normalized spacial score (nSPS) is 11.8. The molecule has 0 spiro atoms. The van der Waals surface area contributed by atoms with Crippen molar-refractivity contribution in [2.45, 2.75) is 13.0 Å². The van der Waals surface area contributed by atoms with Crippen LogP contribution < -0.4 is 14.9 Å². The highest BCUT2D eigenvalue weighted by atomic mass is 35.5. The van der Waals surface area contributed by atoms with Crippen LogP contribution in [0, 0.1) is 0 Å². The number of nitrogens with zero attached hydrogens (tertiary/aromatic N) is 1. The molecule has 0 radical (unpaired) electrons. The first kappa shape index (κ1) is 23.0. The van der Waals surface area contributed by atoms with E-state index in [0.717, 1.165) is 16.3 Å². The van der Waals surface area contributed by atoms with Gasteiger partial charge in [0.05, 0.1) is 11.8 Å². The standard InChI is InChI=1S/C27H21ClN2O4/c1-18(33-22-15-11-21(28)12-16-22)26(31)30-29-17-19-9-13-23(14-10-19)34-27(32)25-8-4-6-20-5-2-3-7-24(20)25/h2-18H,1H3,(H,30,31). The number of fused-ring (bicyclic) bond motifs is 1. The molecule has 1 unspecified atom stereocenters. The van der Waals surface area contributed by atoms with E-state index in [0.29, 0.717) is 22.1 Å². The van der Waals surface area contributed by atoms with Gasteiger partial charge in [0.2, 0.25) is 0 Å². The number of amides is 1. The lowest BCUT2D eigenvalue weighted by molar-refractivity contribution is -0.127. The summed E-state index contributed by atoms with van der Waals surface area (Å²) in [7, 11) is 0. The number of hydrogen-bond donors (Lipinski definition) is 1. The minimum absolute atomic E-state index is 0.396. The van der Waals surface area contributed by atoms with Crippen LogP contribution in [0.15, 0.2) is 96.1 Å². The van der Waals surface area contributed by atoms with Gasteiger partial charge in [0.15, 0.2) is 6.10 Å². The Hall–Kier alpha value is -4.16. The van der Waals surface area contributed by atoms with Crippen LogP contribution in [0.1, 0.15) is 22.8 Å². The van der Waals surface area contributed by atoms with Crippen LogP contribution in [0.25, 0.3) is 10.8 Å². The maximum Gasteiger partial charge on any atom is 0.344 e. The van der Waals surface area contributed by atoms with E-state index in [1.54, 1.807) is 61.5 Å². The third kappa shape index (κ3) is 5.79. The Bertz CT molecular complexity index is 1330. The van der Waals surface area contributed by atoms with Gasteiger partial charge in [0, 0.05) is 5.02 Å². The number of ether oxygens (including phenoxy) is 2. The number of carbonyl (C=O) groups excluding carboxylic acids is 2. The Balaban J connectivity index is 1.32. The van der Waals surface area contributed by atoms with Crippen LogP contribution in [0.4, 0.5) is 0 Å². The quantitative estimate of drug-likeness (QED) is 0.164. The van der Waals surface area contributed by atoms with Gasteiger partial charge in [-0.2, -0.15) is 5.10 Å². The number of esters is 1. The van der Waals surface area contributed by atoms with Crippen LogP contribution in [-0.4, -0.2) is 24.2 Å². The molecule has 4 aromatic carbocycles. The largest absolute Gasteiger partial charge is 0.481 e. The highest BCUT2D eigenvalue weighted by molar-refractivity contribution is 6.30. The number of halogens is 1. The molecule has 0 aromatic heterocycles. The highest BCUT2D eigenvalue weighted by Crippen LogP contribution is 2.21. The molecule has 34 heavy (non-hydrogen) atoms. The van der Waals surface area contributed by atoms with Crippen LogP contribution in [0.5, 0.6) is 11.5 Å². The lowest BCUT2D eigenvalue weighted by Gasteiger charge is -2.12. The lowest BCUT2D eigenvalue weighted by atomic mass is 10.0. The molecule has 1 atom stereocenters. The second-order valence-electron chi connectivity index (χ2n) is 7.43. The summed E-state index contributed by atoms with van der Waals surface area (Å²) in [6, 6.07) is 26.7. The summed E-state index contributed by atoms with van der Waals surface area (Å²) in [6.07, 6.45) is 0.748. The molecule has 0 aliphatic heterocycles.